The molecule has 1 N–H and O–H groups in total. The first kappa shape index (κ1) is 12.1. The zero-order valence-corrected chi connectivity index (χ0v) is 10.5. The average Bonchev–Trinajstić information content (AvgIpc) is 2.76. The lowest BCUT2D eigenvalue weighted by atomic mass is 10.0. The van der Waals surface area contributed by atoms with Crippen molar-refractivity contribution >= 4 is 11.7 Å². The van der Waals surface area contributed by atoms with E-state index in [4.69, 9.17) is 0 Å². The number of rotatable bonds is 3. The second-order valence-electron chi connectivity index (χ2n) is 4.51. The fraction of sp³-hybridized carbons (Fsp3) is 0.667. The van der Waals surface area contributed by atoms with Gasteiger partial charge in [-0.3, -0.25) is 9.69 Å². The van der Waals surface area contributed by atoms with Crippen LogP contribution in [0.4, 0.5) is 5.82 Å². The molecule has 2 heterocycles. The van der Waals surface area contributed by atoms with E-state index in [9.17, 15) is 4.79 Å². The lowest BCUT2D eigenvalue weighted by Crippen LogP contribution is -2.44. The highest BCUT2D eigenvalue weighted by Crippen LogP contribution is 2.17. The van der Waals surface area contributed by atoms with E-state index in [1.807, 2.05) is 20.0 Å². The molecule has 1 aromatic heterocycles. The summed E-state index contributed by atoms with van der Waals surface area (Å²) in [6, 6.07) is 1.84. The number of aryl methyl sites for hydroxylation is 1. The van der Waals surface area contributed by atoms with Gasteiger partial charge in [-0.2, -0.15) is 5.10 Å². The van der Waals surface area contributed by atoms with Crippen LogP contribution in [0.3, 0.4) is 0 Å². The molecular formula is C12H20N4O. The molecule has 1 unspecified atom stereocenters. The van der Waals surface area contributed by atoms with E-state index in [1.165, 1.54) is 6.42 Å². The molecule has 0 radical (unpaired) electrons. The number of hydrogen-bond donors (Lipinski definition) is 1. The first-order valence-corrected chi connectivity index (χ1v) is 6.25. The number of amides is 1. The maximum atomic E-state index is 12.2. The molecule has 5 heteroatoms. The van der Waals surface area contributed by atoms with Crippen molar-refractivity contribution in [2.24, 2.45) is 0 Å². The Labute approximate surface area is 102 Å². The third-order valence-corrected chi connectivity index (χ3v) is 3.34. The lowest BCUT2D eigenvalue weighted by molar-refractivity contribution is -0.121. The largest absolute Gasteiger partial charge is 0.310 e. The molecular weight excluding hydrogens is 216 g/mol. The molecule has 0 aliphatic carbocycles. The van der Waals surface area contributed by atoms with Crippen LogP contribution in [0.2, 0.25) is 0 Å². The highest BCUT2D eigenvalue weighted by Gasteiger charge is 2.26. The van der Waals surface area contributed by atoms with Gasteiger partial charge in [-0.25, -0.2) is 4.68 Å². The number of aromatic nitrogens is 2. The van der Waals surface area contributed by atoms with E-state index >= 15 is 0 Å². The minimum atomic E-state index is 0.00366. The predicted octanol–water partition coefficient (Wildman–Crippen LogP) is 1.33. The van der Waals surface area contributed by atoms with Crippen molar-refractivity contribution in [3.8, 4) is 0 Å². The van der Waals surface area contributed by atoms with Gasteiger partial charge < -0.3 is 5.32 Å². The number of hydrogen-bond acceptors (Lipinski definition) is 3. The van der Waals surface area contributed by atoms with Crippen molar-refractivity contribution in [1.29, 1.82) is 0 Å². The number of anilines is 1. The molecule has 5 nitrogen and oxygen atoms in total. The Balaban J connectivity index is 2.01. The van der Waals surface area contributed by atoms with Gasteiger partial charge in [-0.15, -0.1) is 0 Å². The van der Waals surface area contributed by atoms with Gasteiger partial charge >= 0.3 is 0 Å². The van der Waals surface area contributed by atoms with Crippen LogP contribution in [0.1, 0.15) is 26.2 Å². The normalized spacial score (nSPS) is 21.4. The van der Waals surface area contributed by atoms with Crippen LogP contribution in [0.15, 0.2) is 12.3 Å². The van der Waals surface area contributed by atoms with Gasteiger partial charge in [0.15, 0.2) is 0 Å². The number of nitrogens with one attached hydrogen (secondary N) is 1. The first-order valence-electron chi connectivity index (χ1n) is 6.25. The van der Waals surface area contributed by atoms with Crippen molar-refractivity contribution < 1.29 is 4.79 Å². The van der Waals surface area contributed by atoms with Crippen molar-refractivity contribution in [2.75, 3.05) is 18.9 Å². The summed E-state index contributed by atoms with van der Waals surface area (Å²) in [6.45, 7) is 3.78. The molecule has 94 valence electrons. The second-order valence-corrected chi connectivity index (χ2v) is 4.51. The standard InChI is InChI=1S/C12H20N4O/c1-3-16-11(7-8-13-16)14-12(17)10-6-4-5-9-15(10)2/h7-8,10H,3-6,9H2,1-2H3,(H,14,17). The highest BCUT2D eigenvalue weighted by molar-refractivity contribution is 5.94. The van der Waals surface area contributed by atoms with Crippen LogP contribution in [0.5, 0.6) is 0 Å². The molecule has 0 bridgehead atoms. The molecule has 1 aliphatic rings. The summed E-state index contributed by atoms with van der Waals surface area (Å²) in [6.07, 6.45) is 4.98. The number of piperidine rings is 1. The third kappa shape index (κ3) is 2.66. The molecule has 1 fully saturated rings. The molecule has 0 spiro atoms. The molecule has 1 saturated heterocycles. The number of carbonyl (C=O) groups excluding carboxylic acids is 1. The summed E-state index contributed by atoms with van der Waals surface area (Å²) in [4.78, 5) is 14.3. The molecule has 0 saturated carbocycles. The van der Waals surface area contributed by atoms with Gasteiger partial charge in [0.05, 0.1) is 12.2 Å². The molecule has 17 heavy (non-hydrogen) atoms. The Morgan fingerprint density at radius 3 is 3.12 bits per heavy atom. The zero-order valence-electron chi connectivity index (χ0n) is 10.5. The van der Waals surface area contributed by atoms with Crippen molar-refractivity contribution in [1.82, 2.24) is 14.7 Å². The van der Waals surface area contributed by atoms with Crippen LogP contribution in [0.25, 0.3) is 0 Å². The van der Waals surface area contributed by atoms with Gasteiger partial charge in [0.2, 0.25) is 5.91 Å². The van der Waals surface area contributed by atoms with Gasteiger partial charge in [-0.05, 0) is 33.4 Å². The van der Waals surface area contributed by atoms with Crippen LogP contribution >= 0.6 is 0 Å². The van der Waals surface area contributed by atoms with E-state index in [0.717, 1.165) is 31.7 Å². The molecule has 2 rings (SSSR count). The summed E-state index contributed by atoms with van der Waals surface area (Å²) in [5.74, 6) is 0.874. The Hall–Kier alpha value is -1.36. The summed E-state index contributed by atoms with van der Waals surface area (Å²) < 4.78 is 1.79. The van der Waals surface area contributed by atoms with Gasteiger partial charge in [-0.1, -0.05) is 6.42 Å². The van der Waals surface area contributed by atoms with Crippen molar-refractivity contribution in [3.05, 3.63) is 12.3 Å². The number of nitrogens with zero attached hydrogens (tertiary/aromatic N) is 3. The Kier molecular flexibility index (Phi) is 3.78. The number of carbonyl (C=O) groups is 1. The van der Waals surface area contributed by atoms with E-state index in [1.54, 1.807) is 10.9 Å². The van der Waals surface area contributed by atoms with E-state index in [0.29, 0.717) is 0 Å². The molecule has 1 aliphatic heterocycles. The monoisotopic (exact) mass is 236 g/mol. The summed E-state index contributed by atoms with van der Waals surface area (Å²) in [5.41, 5.74) is 0. The van der Waals surface area contributed by atoms with E-state index in [2.05, 4.69) is 15.3 Å². The molecule has 0 aromatic carbocycles. The average molecular weight is 236 g/mol. The number of likely N-dealkylation sites (N-methyl/N-ethyl adjacent to an activating group) is 1. The maximum absolute atomic E-state index is 12.2. The van der Waals surface area contributed by atoms with Crippen LogP contribution in [-0.2, 0) is 11.3 Å². The fourth-order valence-electron chi connectivity index (χ4n) is 2.31. The van der Waals surface area contributed by atoms with Gasteiger partial charge in [0, 0.05) is 12.6 Å². The van der Waals surface area contributed by atoms with Crippen molar-refractivity contribution in [3.63, 3.8) is 0 Å². The lowest BCUT2D eigenvalue weighted by Gasteiger charge is -2.31. The Morgan fingerprint density at radius 2 is 2.41 bits per heavy atom. The van der Waals surface area contributed by atoms with E-state index < -0.39 is 0 Å². The molecule has 1 atom stereocenters. The zero-order chi connectivity index (χ0) is 12.3. The molecule has 1 aromatic rings. The maximum Gasteiger partial charge on any atom is 0.242 e. The minimum absolute atomic E-state index is 0.00366. The molecule has 1 amide bonds. The van der Waals surface area contributed by atoms with Crippen LogP contribution in [-0.4, -0.2) is 40.2 Å². The van der Waals surface area contributed by atoms with Gasteiger partial charge in [0.25, 0.3) is 0 Å². The topological polar surface area (TPSA) is 50.2 Å². The summed E-state index contributed by atoms with van der Waals surface area (Å²) in [5, 5.41) is 7.10. The second kappa shape index (κ2) is 5.31. The summed E-state index contributed by atoms with van der Waals surface area (Å²) in [7, 11) is 2.01. The SMILES string of the molecule is CCn1nccc1NC(=O)C1CCCCN1C. The Bertz CT molecular complexity index is 388. The predicted molar refractivity (Wildman–Crippen MR) is 66.8 cm³/mol. The first-order chi connectivity index (χ1) is 8.22. The van der Waals surface area contributed by atoms with Gasteiger partial charge in [0.1, 0.15) is 5.82 Å². The third-order valence-electron chi connectivity index (χ3n) is 3.34. The summed E-state index contributed by atoms with van der Waals surface area (Å²) >= 11 is 0. The van der Waals surface area contributed by atoms with Crippen LogP contribution < -0.4 is 5.32 Å². The minimum Gasteiger partial charge on any atom is -0.310 e. The van der Waals surface area contributed by atoms with Crippen LogP contribution in [0, 0.1) is 0 Å². The Morgan fingerprint density at radius 1 is 1.59 bits per heavy atom. The van der Waals surface area contributed by atoms with E-state index in [-0.39, 0.29) is 11.9 Å². The quantitative estimate of drug-likeness (QED) is 0.861. The smallest absolute Gasteiger partial charge is 0.242 e. The highest BCUT2D eigenvalue weighted by atomic mass is 16.2. The van der Waals surface area contributed by atoms with Crippen molar-refractivity contribution in [2.45, 2.75) is 38.8 Å². The fourth-order valence-corrected chi connectivity index (χ4v) is 2.31. The number of likely N-dealkylation sites (tertiary alicyclic amines) is 1.